The molecule has 1 aliphatic rings. The SMILES string of the molecule is C[C@H](CO)[C@H](C)NC(=O)[C@H]1CN(C(=O)OC(C)(C)C)C[C@@H]1C(=O)N[C@H](C)[C@H](C)CO. The maximum Gasteiger partial charge on any atom is 0.410 e. The second-order valence-electron chi connectivity index (χ2n) is 9.51. The van der Waals surface area contributed by atoms with Gasteiger partial charge in [0.2, 0.25) is 11.8 Å². The molecular weight excluding hydrogens is 390 g/mol. The summed E-state index contributed by atoms with van der Waals surface area (Å²) in [6.07, 6.45) is -0.566. The molecular formula is C21H39N3O6. The van der Waals surface area contributed by atoms with Crippen molar-refractivity contribution in [1.82, 2.24) is 15.5 Å². The monoisotopic (exact) mass is 429 g/mol. The molecule has 1 heterocycles. The average molecular weight is 430 g/mol. The summed E-state index contributed by atoms with van der Waals surface area (Å²) in [5.41, 5.74) is -0.689. The normalized spacial score (nSPS) is 23.3. The number of aliphatic hydroxyl groups excluding tert-OH is 2. The van der Waals surface area contributed by atoms with Gasteiger partial charge >= 0.3 is 6.09 Å². The van der Waals surface area contributed by atoms with Crippen LogP contribution in [0.1, 0.15) is 48.5 Å². The van der Waals surface area contributed by atoms with Crippen LogP contribution in [0.25, 0.3) is 0 Å². The van der Waals surface area contributed by atoms with Gasteiger partial charge in [0.25, 0.3) is 0 Å². The highest BCUT2D eigenvalue weighted by molar-refractivity contribution is 5.90. The second kappa shape index (κ2) is 10.9. The minimum Gasteiger partial charge on any atom is -0.444 e. The number of ether oxygens (including phenoxy) is 1. The molecule has 0 bridgehead atoms. The van der Waals surface area contributed by atoms with E-state index in [0.717, 1.165) is 0 Å². The van der Waals surface area contributed by atoms with Crippen LogP contribution in [0, 0.1) is 23.7 Å². The Kier molecular flexibility index (Phi) is 9.55. The molecule has 174 valence electrons. The third kappa shape index (κ3) is 7.43. The fourth-order valence-corrected chi connectivity index (χ4v) is 3.07. The zero-order valence-electron chi connectivity index (χ0n) is 19.3. The summed E-state index contributed by atoms with van der Waals surface area (Å²) in [5, 5.41) is 24.3. The van der Waals surface area contributed by atoms with Crippen LogP contribution >= 0.6 is 0 Å². The summed E-state index contributed by atoms with van der Waals surface area (Å²) in [5.74, 6) is -2.43. The van der Waals surface area contributed by atoms with Crippen molar-refractivity contribution < 1.29 is 29.3 Å². The molecule has 4 N–H and O–H groups in total. The van der Waals surface area contributed by atoms with Crippen molar-refractivity contribution in [2.45, 2.75) is 66.2 Å². The van der Waals surface area contributed by atoms with Gasteiger partial charge in [0.05, 0.1) is 11.8 Å². The number of hydrogen-bond acceptors (Lipinski definition) is 6. The van der Waals surface area contributed by atoms with E-state index in [-0.39, 0.29) is 62.0 Å². The van der Waals surface area contributed by atoms with Gasteiger partial charge in [-0.05, 0) is 46.5 Å². The van der Waals surface area contributed by atoms with Crippen LogP contribution in [0.5, 0.6) is 0 Å². The van der Waals surface area contributed by atoms with Crippen molar-refractivity contribution >= 4 is 17.9 Å². The van der Waals surface area contributed by atoms with Crippen molar-refractivity contribution in [3.63, 3.8) is 0 Å². The minimum atomic E-state index is -0.734. The first-order valence-electron chi connectivity index (χ1n) is 10.6. The average Bonchev–Trinajstić information content (AvgIpc) is 3.11. The van der Waals surface area contributed by atoms with E-state index in [1.165, 1.54) is 4.90 Å². The van der Waals surface area contributed by atoms with E-state index in [2.05, 4.69) is 10.6 Å². The highest BCUT2D eigenvalue weighted by Crippen LogP contribution is 2.27. The molecule has 0 radical (unpaired) electrons. The highest BCUT2D eigenvalue weighted by Gasteiger charge is 2.45. The lowest BCUT2D eigenvalue weighted by molar-refractivity contribution is -0.134. The maximum atomic E-state index is 12.9. The standard InChI is InChI=1S/C21H39N3O6/c1-12(10-25)14(3)22-18(27)16-8-24(20(29)30-21(5,6)7)9-17(16)19(28)23-15(4)13(2)11-26/h12-17,25-26H,8-11H2,1-7H3,(H,22,27)(H,23,28)/t12-,13-,14-,15+,16+,17+/m1/s1. The lowest BCUT2D eigenvalue weighted by atomic mass is 9.92. The Morgan fingerprint density at radius 1 is 0.900 bits per heavy atom. The van der Waals surface area contributed by atoms with Gasteiger partial charge in [0.1, 0.15) is 5.60 Å². The summed E-state index contributed by atoms with van der Waals surface area (Å²) < 4.78 is 5.41. The van der Waals surface area contributed by atoms with Gasteiger partial charge in [0, 0.05) is 38.4 Å². The first kappa shape index (κ1) is 26.2. The van der Waals surface area contributed by atoms with Crippen LogP contribution in [0.3, 0.4) is 0 Å². The fourth-order valence-electron chi connectivity index (χ4n) is 3.07. The summed E-state index contributed by atoms with van der Waals surface area (Å²) in [4.78, 5) is 39.8. The maximum absolute atomic E-state index is 12.9. The van der Waals surface area contributed by atoms with Gasteiger partial charge in [0.15, 0.2) is 0 Å². The molecule has 0 aliphatic carbocycles. The van der Waals surface area contributed by atoms with Crippen LogP contribution in [0.4, 0.5) is 4.79 Å². The number of nitrogens with zero attached hydrogens (tertiary/aromatic N) is 1. The summed E-state index contributed by atoms with van der Waals surface area (Å²) in [6, 6.07) is -0.565. The van der Waals surface area contributed by atoms with E-state index in [0.29, 0.717) is 0 Å². The van der Waals surface area contributed by atoms with Crippen LogP contribution in [0.15, 0.2) is 0 Å². The Morgan fingerprint density at radius 3 is 1.57 bits per heavy atom. The Bertz CT molecular complexity index is 568. The van der Waals surface area contributed by atoms with Gasteiger partial charge < -0.3 is 30.5 Å². The molecule has 1 rings (SSSR count). The molecule has 0 spiro atoms. The van der Waals surface area contributed by atoms with E-state index < -0.39 is 23.5 Å². The van der Waals surface area contributed by atoms with Gasteiger partial charge in [-0.3, -0.25) is 9.59 Å². The smallest absolute Gasteiger partial charge is 0.410 e. The quantitative estimate of drug-likeness (QED) is 0.450. The number of hydrogen-bond donors (Lipinski definition) is 4. The molecule has 1 saturated heterocycles. The molecule has 0 saturated carbocycles. The predicted octanol–water partition coefficient (Wildman–Crippen LogP) is 0.736. The van der Waals surface area contributed by atoms with Crippen molar-refractivity contribution in [3.05, 3.63) is 0 Å². The minimum absolute atomic E-state index is 0.0724. The Morgan fingerprint density at radius 2 is 1.27 bits per heavy atom. The molecule has 9 nitrogen and oxygen atoms in total. The van der Waals surface area contributed by atoms with E-state index in [9.17, 15) is 24.6 Å². The molecule has 0 aromatic carbocycles. The number of carbonyl (C=O) groups is 3. The third-order valence-corrected chi connectivity index (χ3v) is 5.67. The van der Waals surface area contributed by atoms with Gasteiger partial charge in [-0.2, -0.15) is 0 Å². The summed E-state index contributed by atoms with van der Waals surface area (Å²) in [7, 11) is 0. The van der Waals surface area contributed by atoms with Gasteiger partial charge in [-0.25, -0.2) is 4.79 Å². The van der Waals surface area contributed by atoms with Crippen LogP contribution in [-0.4, -0.2) is 77.0 Å². The Balaban J connectivity index is 2.99. The second-order valence-corrected chi connectivity index (χ2v) is 9.51. The molecule has 3 amide bonds. The molecule has 1 aliphatic heterocycles. The predicted molar refractivity (Wildman–Crippen MR) is 112 cm³/mol. The van der Waals surface area contributed by atoms with Crippen molar-refractivity contribution in [2.24, 2.45) is 23.7 Å². The van der Waals surface area contributed by atoms with Crippen molar-refractivity contribution in [1.29, 1.82) is 0 Å². The summed E-state index contributed by atoms with van der Waals surface area (Å²) in [6.45, 7) is 12.5. The number of amides is 3. The topological polar surface area (TPSA) is 128 Å². The number of carbonyl (C=O) groups excluding carboxylic acids is 3. The number of aliphatic hydroxyl groups is 2. The molecule has 6 atom stereocenters. The molecule has 0 unspecified atom stereocenters. The van der Waals surface area contributed by atoms with Crippen molar-refractivity contribution in [3.8, 4) is 0 Å². The Labute approximate surface area is 179 Å². The number of nitrogens with one attached hydrogen (secondary N) is 2. The molecule has 0 aromatic rings. The lowest BCUT2D eigenvalue weighted by Crippen LogP contribution is -2.48. The molecule has 30 heavy (non-hydrogen) atoms. The van der Waals surface area contributed by atoms with E-state index >= 15 is 0 Å². The zero-order chi connectivity index (χ0) is 23.2. The first-order valence-corrected chi connectivity index (χ1v) is 10.6. The number of rotatable bonds is 8. The lowest BCUT2D eigenvalue weighted by Gasteiger charge is -2.25. The highest BCUT2D eigenvalue weighted by atomic mass is 16.6. The van der Waals surface area contributed by atoms with Gasteiger partial charge in [-0.1, -0.05) is 13.8 Å². The first-order chi connectivity index (χ1) is 13.8. The molecule has 0 aromatic heterocycles. The fraction of sp³-hybridized carbons (Fsp3) is 0.857. The van der Waals surface area contributed by atoms with E-state index in [1.54, 1.807) is 34.6 Å². The van der Waals surface area contributed by atoms with Crippen molar-refractivity contribution in [2.75, 3.05) is 26.3 Å². The molecule has 1 fully saturated rings. The largest absolute Gasteiger partial charge is 0.444 e. The van der Waals surface area contributed by atoms with Crippen LogP contribution in [-0.2, 0) is 14.3 Å². The van der Waals surface area contributed by atoms with E-state index in [1.807, 2.05) is 13.8 Å². The number of likely N-dealkylation sites (tertiary alicyclic amines) is 1. The van der Waals surface area contributed by atoms with E-state index in [4.69, 9.17) is 4.74 Å². The van der Waals surface area contributed by atoms with Crippen LogP contribution in [0.2, 0.25) is 0 Å². The zero-order valence-corrected chi connectivity index (χ0v) is 19.3. The summed E-state index contributed by atoms with van der Waals surface area (Å²) >= 11 is 0. The third-order valence-electron chi connectivity index (χ3n) is 5.67. The van der Waals surface area contributed by atoms with Gasteiger partial charge in [-0.15, -0.1) is 0 Å². The molecule has 9 heteroatoms. The Hall–Kier alpha value is -1.87. The van der Waals surface area contributed by atoms with Crippen LogP contribution < -0.4 is 10.6 Å².